The molecular weight excluding hydrogens is 372 g/mol. The molecule has 0 saturated carbocycles. The lowest BCUT2D eigenvalue weighted by molar-refractivity contribution is -0.148. The van der Waals surface area contributed by atoms with E-state index in [1.807, 2.05) is 24.3 Å². The summed E-state index contributed by atoms with van der Waals surface area (Å²) in [6.45, 7) is 2.87. The van der Waals surface area contributed by atoms with Gasteiger partial charge in [0.25, 0.3) is 5.91 Å². The van der Waals surface area contributed by atoms with Crippen molar-refractivity contribution < 1.29 is 23.9 Å². The molecule has 29 heavy (non-hydrogen) atoms. The maximum atomic E-state index is 12.8. The molecule has 7 heteroatoms. The van der Waals surface area contributed by atoms with Crippen LogP contribution in [-0.2, 0) is 25.5 Å². The van der Waals surface area contributed by atoms with E-state index in [4.69, 9.17) is 9.47 Å². The second-order valence-electron chi connectivity index (χ2n) is 7.23. The van der Waals surface area contributed by atoms with Crippen LogP contribution < -0.4 is 15.0 Å². The molecule has 2 aromatic carbocycles. The first kappa shape index (κ1) is 20.4. The Morgan fingerprint density at radius 2 is 1.76 bits per heavy atom. The Kier molecular flexibility index (Phi) is 5.87. The highest BCUT2D eigenvalue weighted by atomic mass is 16.5. The van der Waals surface area contributed by atoms with E-state index in [-0.39, 0.29) is 12.3 Å². The third kappa shape index (κ3) is 4.23. The molecule has 0 aromatic heterocycles. The highest BCUT2D eigenvalue weighted by molar-refractivity contribution is 6.14. The van der Waals surface area contributed by atoms with Crippen LogP contribution in [0.15, 0.2) is 48.5 Å². The molecular formula is C22H24N2O5. The molecule has 1 heterocycles. The van der Waals surface area contributed by atoms with Gasteiger partial charge < -0.3 is 14.8 Å². The first-order chi connectivity index (χ1) is 13.8. The van der Waals surface area contributed by atoms with Gasteiger partial charge in [-0.1, -0.05) is 30.3 Å². The van der Waals surface area contributed by atoms with Crippen molar-refractivity contribution in [3.63, 3.8) is 0 Å². The molecule has 2 amide bonds. The molecule has 152 valence electrons. The highest BCUT2D eigenvalue weighted by Gasteiger charge is 2.43. The molecule has 0 aliphatic carbocycles. The standard InChI is InChI=1S/C22H24N2O5/c1-22(2)21(27)23-16-9-5-6-10-17(16)24(22)19(25)14-29-20(26)13-12-15-8-4-7-11-18(15)28-3/h4-11H,12-14H2,1-3H3,(H,23,27). The van der Waals surface area contributed by atoms with E-state index in [0.29, 0.717) is 23.5 Å². The Balaban J connectivity index is 1.64. The number of rotatable bonds is 6. The summed E-state index contributed by atoms with van der Waals surface area (Å²) in [6, 6.07) is 14.5. The molecule has 3 rings (SSSR count). The van der Waals surface area contributed by atoms with Crippen LogP contribution in [0.4, 0.5) is 11.4 Å². The number of methoxy groups -OCH3 is 1. The van der Waals surface area contributed by atoms with E-state index >= 15 is 0 Å². The fraction of sp³-hybridized carbons (Fsp3) is 0.318. The zero-order valence-electron chi connectivity index (χ0n) is 16.7. The van der Waals surface area contributed by atoms with E-state index in [0.717, 1.165) is 5.56 Å². The zero-order chi connectivity index (χ0) is 21.0. The summed E-state index contributed by atoms with van der Waals surface area (Å²) in [5.74, 6) is -0.541. The summed E-state index contributed by atoms with van der Waals surface area (Å²) in [5.41, 5.74) is 0.913. The third-order valence-corrected chi connectivity index (χ3v) is 4.90. The van der Waals surface area contributed by atoms with Gasteiger partial charge in [-0.2, -0.15) is 0 Å². The molecule has 0 bridgehead atoms. The Labute approximate surface area is 169 Å². The number of benzene rings is 2. The van der Waals surface area contributed by atoms with Gasteiger partial charge >= 0.3 is 5.97 Å². The Bertz CT molecular complexity index is 938. The van der Waals surface area contributed by atoms with Crippen molar-refractivity contribution in [2.75, 3.05) is 23.9 Å². The Morgan fingerprint density at radius 3 is 2.52 bits per heavy atom. The van der Waals surface area contributed by atoms with Gasteiger partial charge in [-0.15, -0.1) is 0 Å². The first-order valence-electron chi connectivity index (χ1n) is 9.35. The molecule has 2 aromatic rings. The summed E-state index contributed by atoms with van der Waals surface area (Å²) in [5, 5.41) is 2.80. The molecule has 1 aliphatic rings. The lowest BCUT2D eigenvalue weighted by Gasteiger charge is -2.41. The minimum absolute atomic E-state index is 0.119. The molecule has 0 saturated heterocycles. The normalized spacial score (nSPS) is 14.6. The van der Waals surface area contributed by atoms with Crippen molar-refractivity contribution >= 4 is 29.2 Å². The number of amides is 2. The lowest BCUT2D eigenvalue weighted by Crippen LogP contribution is -2.59. The number of nitrogens with zero attached hydrogens (tertiary/aromatic N) is 1. The summed E-state index contributed by atoms with van der Waals surface area (Å²) < 4.78 is 10.5. The van der Waals surface area contributed by atoms with Crippen molar-refractivity contribution in [2.45, 2.75) is 32.2 Å². The Hall–Kier alpha value is -3.35. The monoisotopic (exact) mass is 396 g/mol. The second kappa shape index (κ2) is 8.34. The van der Waals surface area contributed by atoms with Gasteiger partial charge in [0.2, 0.25) is 5.91 Å². The third-order valence-electron chi connectivity index (χ3n) is 4.90. The lowest BCUT2D eigenvalue weighted by atomic mass is 9.96. The number of nitrogens with one attached hydrogen (secondary N) is 1. The van der Waals surface area contributed by atoms with Gasteiger partial charge in [0.1, 0.15) is 11.3 Å². The van der Waals surface area contributed by atoms with Crippen molar-refractivity contribution in [3.8, 4) is 5.75 Å². The number of anilines is 2. The quantitative estimate of drug-likeness (QED) is 0.759. The van der Waals surface area contributed by atoms with Gasteiger partial charge in [-0.05, 0) is 44.0 Å². The van der Waals surface area contributed by atoms with Crippen molar-refractivity contribution in [3.05, 3.63) is 54.1 Å². The van der Waals surface area contributed by atoms with Crippen LogP contribution in [0.25, 0.3) is 0 Å². The number of hydrogen-bond donors (Lipinski definition) is 1. The number of hydrogen-bond acceptors (Lipinski definition) is 5. The minimum Gasteiger partial charge on any atom is -0.496 e. The van der Waals surface area contributed by atoms with Gasteiger partial charge in [0, 0.05) is 6.42 Å². The molecule has 0 radical (unpaired) electrons. The number of fused-ring (bicyclic) bond motifs is 1. The van der Waals surface area contributed by atoms with E-state index < -0.39 is 24.0 Å². The minimum atomic E-state index is -1.10. The molecule has 0 spiro atoms. The maximum Gasteiger partial charge on any atom is 0.306 e. The van der Waals surface area contributed by atoms with Crippen LogP contribution in [0.3, 0.4) is 0 Å². The molecule has 0 atom stereocenters. The maximum absolute atomic E-state index is 12.8. The van der Waals surface area contributed by atoms with Gasteiger partial charge in [0.15, 0.2) is 6.61 Å². The molecule has 1 aliphatic heterocycles. The number of para-hydroxylation sites is 3. The highest BCUT2D eigenvalue weighted by Crippen LogP contribution is 2.36. The largest absolute Gasteiger partial charge is 0.496 e. The molecule has 0 unspecified atom stereocenters. The van der Waals surface area contributed by atoms with Gasteiger partial charge in [-0.25, -0.2) is 0 Å². The number of carbonyl (C=O) groups is 3. The van der Waals surface area contributed by atoms with Crippen LogP contribution in [0.5, 0.6) is 5.75 Å². The number of carbonyl (C=O) groups excluding carboxylic acids is 3. The predicted octanol–water partition coefficient (Wildman–Crippen LogP) is 2.93. The van der Waals surface area contributed by atoms with Crippen LogP contribution in [0, 0.1) is 0 Å². The van der Waals surface area contributed by atoms with Crippen LogP contribution in [0.1, 0.15) is 25.8 Å². The fourth-order valence-corrected chi connectivity index (χ4v) is 3.32. The van der Waals surface area contributed by atoms with Gasteiger partial charge in [0.05, 0.1) is 18.5 Å². The first-order valence-corrected chi connectivity index (χ1v) is 9.35. The predicted molar refractivity (Wildman–Crippen MR) is 109 cm³/mol. The smallest absolute Gasteiger partial charge is 0.306 e. The molecule has 1 N–H and O–H groups in total. The fourth-order valence-electron chi connectivity index (χ4n) is 3.32. The zero-order valence-corrected chi connectivity index (χ0v) is 16.7. The van der Waals surface area contributed by atoms with E-state index in [2.05, 4.69) is 5.32 Å². The Morgan fingerprint density at radius 1 is 1.07 bits per heavy atom. The molecule has 0 fully saturated rings. The summed E-state index contributed by atoms with van der Waals surface area (Å²) >= 11 is 0. The van der Waals surface area contributed by atoms with E-state index in [9.17, 15) is 14.4 Å². The summed E-state index contributed by atoms with van der Waals surface area (Å²) in [4.78, 5) is 38.8. The second-order valence-corrected chi connectivity index (χ2v) is 7.23. The average Bonchev–Trinajstić information content (AvgIpc) is 2.71. The van der Waals surface area contributed by atoms with Crippen molar-refractivity contribution in [2.24, 2.45) is 0 Å². The number of esters is 1. The number of ether oxygens (including phenoxy) is 2. The van der Waals surface area contributed by atoms with Crippen molar-refractivity contribution in [1.29, 1.82) is 0 Å². The van der Waals surface area contributed by atoms with Crippen LogP contribution in [-0.4, -0.2) is 37.0 Å². The van der Waals surface area contributed by atoms with Gasteiger partial charge in [-0.3, -0.25) is 19.3 Å². The topological polar surface area (TPSA) is 84.9 Å². The average molecular weight is 396 g/mol. The molecule has 7 nitrogen and oxygen atoms in total. The van der Waals surface area contributed by atoms with Crippen LogP contribution >= 0.6 is 0 Å². The summed E-state index contributed by atoms with van der Waals surface area (Å²) in [6.07, 6.45) is 0.561. The SMILES string of the molecule is COc1ccccc1CCC(=O)OCC(=O)N1c2ccccc2NC(=O)C1(C)C. The van der Waals surface area contributed by atoms with E-state index in [1.54, 1.807) is 45.2 Å². The van der Waals surface area contributed by atoms with Crippen molar-refractivity contribution in [1.82, 2.24) is 0 Å². The van der Waals surface area contributed by atoms with Crippen LogP contribution in [0.2, 0.25) is 0 Å². The summed E-state index contributed by atoms with van der Waals surface area (Å²) in [7, 11) is 1.57. The number of aryl methyl sites for hydroxylation is 1. The van der Waals surface area contributed by atoms with E-state index in [1.165, 1.54) is 4.90 Å².